The molecule has 3 aromatic heterocycles. The highest BCUT2D eigenvalue weighted by molar-refractivity contribution is 9.11. The second-order valence-corrected chi connectivity index (χ2v) is 36.0. The molecule has 137 heavy (non-hydrogen) atoms. The smallest absolute Gasteiger partial charge is 0.233 e. The van der Waals surface area contributed by atoms with Crippen LogP contribution in [0.3, 0.4) is 0 Å². The number of benzene rings is 18. The van der Waals surface area contributed by atoms with Crippen molar-refractivity contribution in [2.45, 2.75) is 14.9 Å². The van der Waals surface area contributed by atoms with Gasteiger partial charge in [-0.1, -0.05) is 341 Å². The van der Waals surface area contributed by atoms with Crippen LogP contribution in [-0.2, 0) is 0 Å². The van der Waals surface area contributed by atoms with Crippen molar-refractivity contribution in [2.75, 3.05) is 26.6 Å². The van der Waals surface area contributed by atoms with Gasteiger partial charge in [0.15, 0.2) is 0 Å². The number of halogens is 6. The summed E-state index contributed by atoms with van der Waals surface area (Å²) in [6, 6.07) is 157. The number of nitrogens with two attached hydrogens (primary N) is 2. The molecule has 5 N–H and O–H groups in total. The highest BCUT2D eigenvalue weighted by atomic mass is 79.9. The molecule has 0 amide bonds. The molecule has 0 radical (unpaired) electrons. The van der Waals surface area contributed by atoms with Crippen LogP contribution in [-0.4, -0.2) is 41.5 Å². The Morgan fingerprint density at radius 2 is 0.358 bits per heavy atom. The van der Waals surface area contributed by atoms with Crippen LogP contribution in [0.1, 0.15) is 35.6 Å². The standard InChI is InChI=1S/C44H32N4.2C20H12Br2N2.C14H8Br2O2.C12H11N.C6H8N2.2CH4/c1-5-15-35(16-6-1)47(36-17-7-2-8-18-36)39-29-25-33(26-30-39)43-44(46-42-24-14-13-23-41(42)45-43)34-27-31-40(32-28-34)48(37-19-9-3-10-20-37)38-21-11-4-12-22-38;2*21-15-9-5-13(6-10-15)19-20(14-7-11-16(22)12-8-14)24-18-4-2-1-3-17(18)23-19;15-11-5-1-9(2-6-11)13(17)14(18)10-3-7-12(16)8-4-10;1-3-7-11(8-4-1)13-12-9-5-2-6-10-12;7-5-3-1-2-4-6(5)8;;/h1-32H;2*1-12H;1-8H;1-10,13H;1-4H,7-8H2;2*1H4. The van der Waals surface area contributed by atoms with E-state index in [0.29, 0.717) is 22.5 Å². The maximum absolute atomic E-state index is 12.0. The third-order valence-electron chi connectivity index (χ3n) is 21.3. The number of para-hydroxylation sites is 14. The molecule has 0 aliphatic heterocycles. The number of ketones is 2. The fraction of sp³-hybridized carbons (Fsp3) is 0.0169. The largest absolute Gasteiger partial charge is 0.397 e. The highest BCUT2D eigenvalue weighted by Gasteiger charge is 2.22. The molecule has 21 rings (SSSR count). The summed E-state index contributed by atoms with van der Waals surface area (Å²) in [7, 11) is 0. The Hall–Kier alpha value is -14.8. The summed E-state index contributed by atoms with van der Waals surface area (Å²) >= 11 is 20.5. The van der Waals surface area contributed by atoms with Gasteiger partial charge in [0.1, 0.15) is 0 Å². The fourth-order valence-corrected chi connectivity index (χ4v) is 16.1. The van der Waals surface area contributed by atoms with Gasteiger partial charge in [-0.15, -0.1) is 0 Å². The van der Waals surface area contributed by atoms with E-state index in [9.17, 15) is 9.59 Å². The van der Waals surface area contributed by atoms with Crippen molar-refractivity contribution < 1.29 is 9.59 Å². The second kappa shape index (κ2) is 48.4. The molecule has 0 unspecified atom stereocenters. The van der Waals surface area contributed by atoms with Gasteiger partial charge in [0, 0.05) is 117 Å². The second-order valence-electron chi connectivity index (χ2n) is 30.5. The van der Waals surface area contributed by atoms with Crippen molar-refractivity contribution in [3.63, 3.8) is 0 Å². The Labute approximate surface area is 849 Å². The maximum Gasteiger partial charge on any atom is 0.233 e. The molecule has 21 aromatic rings. The number of hydrogen-bond acceptors (Lipinski definition) is 13. The molecular weight excluding hydrogens is 2080 g/mol. The van der Waals surface area contributed by atoms with Crippen LogP contribution >= 0.6 is 95.6 Å². The molecule has 0 fully saturated rings. The van der Waals surface area contributed by atoms with Gasteiger partial charge >= 0.3 is 0 Å². The van der Waals surface area contributed by atoms with Gasteiger partial charge in [-0.05, 0) is 243 Å². The average Bonchev–Trinajstić information content (AvgIpc) is 0.774. The summed E-state index contributed by atoms with van der Waals surface area (Å²) < 4.78 is 5.93. The first kappa shape index (κ1) is 98.2. The molecule has 0 aliphatic carbocycles. The minimum absolute atomic E-state index is 0. The van der Waals surface area contributed by atoms with Gasteiger partial charge in [-0.25, -0.2) is 29.9 Å². The van der Waals surface area contributed by atoms with Crippen LogP contribution in [0, 0.1) is 0 Å². The molecule has 0 saturated carbocycles. The van der Waals surface area contributed by atoms with Crippen LogP contribution in [0.4, 0.5) is 56.9 Å². The minimum Gasteiger partial charge on any atom is -0.397 e. The van der Waals surface area contributed by atoms with E-state index in [4.69, 9.17) is 41.4 Å². The first-order chi connectivity index (χ1) is 66.1. The van der Waals surface area contributed by atoms with Crippen molar-refractivity contribution in [1.82, 2.24) is 29.9 Å². The van der Waals surface area contributed by atoms with Gasteiger partial charge in [-0.3, -0.25) is 9.59 Å². The van der Waals surface area contributed by atoms with Crippen LogP contribution < -0.4 is 26.6 Å². The Bertz CT molecular complexity index is 6820. The number of Topliss-reactive ketones (excluding diaryl/α,β-unsaturated/α-hetero) is 2. The summed E-state index contributed by atoms with van der Waals surface area (Å²) in [4.78, 5) is 58.4. The van der Waals surface area contributed by atoms with E-state index in [-0.39, 0.29) is 14.9 Å². The van der Waals surface area contributed by atoms with Gasteiger partial charge < -0.3 is 26.6 Å². The summed E-state index contributed by atoms with van der Waals surface area (Å²) in [5, 5.41) is 3.30. The fourth-order valence-electron chi connectivity index (χ4n) is 14.6. The molecule has 0 bridgehead atoms. The van der Waals surface area contributed by atoms with Crippen molar-refractivity contribution in [2.24, 2.45) is 0 Å². The Morgan fingerprint density at radius 1 is 0.197 bits per heavy atom. The SMILES string of the molecule is Brc1ccc(-c2nc3ccccc3nc2-c2ccc(Br)cc2)cc1.Brc1ccc(-c2nc3ccccc3nc2-c2ccc(Br)cc2)cc1.C.C.Nc1ccccc1N.O=C(C(=O)c1ccc(Br)cc1)c1ccc(Br)cc1.c1ccc(N(c2ccccc2)c2ccc(-c3nc4ccccc4nc3-c3ccc(N(c4ccccc4)c4ccccc4)cc3)cc2)cc1.c1ccc(Nc2ccccc2)cc1. The summed E-state index contributed by atoms with van der Waals surface area (Å²) in [5.74, 6) is -0.991. The van der Waals surface area contributed by atoms with E-state index in [0.717, 1.165) is 173 Å². The van der Waals surface area contributed by atoms with Gasteiger partial charge in [0.05, 0.1) is 78.6 Å². The first-order valence-electron chi connectivity index (χ1n) is 43.0. The zero-order valence-corrected chi connectivity index (χ0v) is 81.9. The van der Waals surface area contributed by atoms with E-state index in [1.54, 1.807) is 60.7 Å². The number of carbonyl (C=O) groups is 2. The lowest BCUT2D eigenvalue weighted by atomic mass is 10.0. The number of nitrogens with zero attached hydrogens (tertiary/aromatic N) is 8. The van der Waals surface area contributed by atoms with Crippen molar-refractivity contribution in [3.05, 3.63) is 511 Å². The van der Waals surface area contributed by atoms with Crippen LogP contribution in [0.15, 0.2) is 500 Å². The predicted octanol–water partition coefficient (Wildman–Crippen LogP) is 34.7. The number of fused-ring (bicyclic) bond motifs is 3. The molecule has 672 valence electrons. The van der Waals surface area contributed by atoms with Crippen LogP contribution in [0.2, 0.25) is 0 Å². The lowest BCUT2D eigenvalue weighted by Crippen LogP contribution is -2.14. The van der Waals surface area contributed by atoms with E-state index in [2.05, 4.69) is 305 Å². The topological polar surface area (TPSA) is 182 Å². The molecule has 0 aliphatic rings. The number of anilines is 10. The molecule has 18 aromatic carbocycles. The lowest BCUT2D eigenvalue weighted by molar-refractivity contribution is 0.0817. The van der Waals surface area contributed by atoms with Crippen molar-refractivity contribution >= 4 is 197 Å². The molecule has 13 nitrogen and oxygen atoms in total. The number of hydrogen-bond donors (Lipinski definition) is 3. The zero-order chi connectivity index (χ0) is 93.2. The molecule has 19 heteroatoms. The number of nitrogen functional groups attached to an aromatic ring is 2. The average molecular weight is 2170 g/mol. The number of carbonyl (C=O) groups excluding carboxylic acids is 2. The normalized spacial score (nSPS) is 10.4. The Kier molecular flexibility index (Phi) is 34.7. The Balaban J connectivity index is 0.000000143. The molecule has 0 saturated heterocycles. The van der Waals surface area contributed by atoms with E-state index in [1.807, 2.05) is 218 Å². The Morgan fingerprint density at radius 3 is 0.555 bits per heavy atom. The lowest BCUT2D eigenvalue weighted by Gasteiger charge is -2.26. The summed E-state index contributed by atoms with van der Waals surface area (Å²) in [6.07, 6.45) is 0. The summed E-state index contributed by atoms with van der Waals surface area (Å²) in [6.45, 7) is 0. The number of aromatic nitrogens is 6. The van der Waals surface area contributed by atoms with Crippen LogP contribution in [0.25, 0.3) is 101 Å². The minimum atomic E-state index is -0.496. The molecular formula is C118H91Br6N11O2. The maximum atomic E-state index is 12.0. The van der Waals surface area contributed by atoms with E-state index in [1.165, 1.54) is 0 Å². The number of rotatable bonds is 17. The number of nitrogens with one attached hydrogen (secondary N) is 1. The first-order valence-corrected chi connectivity index (χ1v) is 47.7. The predicted molar refractivity (Wildman–Crippen MR) is 593 cm³/mol. The van der Waals surface area contributed by atoms with Gasteiger partial charge in [0.2, 0.25) is 11.6 Å². The quantitative estimate of drug-likeness (QED) is 0.0445. The monoisotopic (exact) mass is 2170 g/mol. The molecule has 3 heterocycles. The van der Waals surface area contributed by atoms with Crippen molar-refractivity contribution in [1.29, 1.82) is 0 Å². The van der Waals surface area contributed by atoms with Gasteiger partial charge in [0.25, 0.3) is 0 Å². The third kappa shape index (κ3) is 26.0. The van der Waals surface area contributed by atoms with Gasteiger partial charge in [-0.2, -0.15) is 0 Å². The third-order valence-corrected chi connectivity index (χ3v) is 24.5. The molecule has 0 atom stereocenters. The highest BCUT2D eigenvalue weighted by Crippen LogP contribution is 2.42. The van der Waals surface area contributed by atoms with E-state index >= 15 is 0 Å². The summed E-state index contributed by atoms with van der Waals surface area (Å²) in [5.41, 5.74) is 38.5. The molecule has 0 spiro atoms. The van der Waals surface area contributed by atoms with Crippen molar-refractivity contribution in [3.8, 4) is 67.5 Å². The van der Waals surface area contributed by atoms with Crippen LogP contribution in [0.5, 0.6) is 0 Å². The zero-order valence-electron chi connectivity index (χ0n) is 72.4. The van der Waals surface area contributed by atoms with E-state index < -0.39 is 11.6 Å².